The summed E-state index contributed by atoms with van der Waals surface area (Å²) < 4.78 is 9.93. The van der Waals surface area contributed by atoms with Crippen molar-refractivity contribution in [2.75, 3.05) is 7.05 Å². The SMILES string of the molecule is CNCc1cc[c-]c(-c2nccn2C)c1.Cn1cc(-c2ccccc2)nc1-c1[c-]cccc1.Cn1ccnc1-c1[c-]ccc(-c2ccccc2)c1.Cn1ccnc1-c1[c-]ccc(CO)c1.Cn1ccnc1-c1[c-]cccc1.[Ir].[Ir].[Pt].[Pt].[Pt]. The summed E-state index contributed by atoms with van der Waals surface area (Å²) in [4.78, 5) is 21.8. The third kappa shape index (κ3) is 19.8. The number of benzene rings is 7. The van der Waals surface area contributed by atoms with Crippen LogP contribution in [0.1, 0.15) is 11.1 Å². The van der Waals surface area contributed by atoms with Gasteiger partial charge in [-0.05, 0) is 12.6 Å². The zero-order chi connectivity index (χ0) is 53.8. The first-order chi connectivity index (χ1) is 37.7. The van der Waals surface area contributed by atoms with Gasteiger partial charge >= 0.3 is 0 Å². The summed E-state index contributed by atoms with van der Waals surface area (Å²) in [5, 5.41) is 12.1. The predicted octanol–water partition coefficient (Wildman–Crippen LogP) is 12.0. The third-order valence-electron chi connectivity index (χ3n) is 12.1. The number of hydrogen-bond donors (Lipinski definition) is 2. The number of nitrogens with zero attached hydrogens (tertiary/aromatic N) is 10. The maximum atomic E-state index is 8.99. The molecule has 2 N–H and O–H groups in total. The van der Waals surface area contributed by atoms with Crippen LogP contribution in [-0.4, -0.2) is 59.9 Å². The normalized spacial score (nSPS) is 9.79. The second kappa shape index (κ2) is 36.5. The maximum Gasteiger partial charge on any atom is 0.0768 e. The molecule has 5 aromatic heterocycles. The van der Waals surface area contributed by atoms with Crippen LogP contribution in [0, 0.1) is 30.3 Å². The summed E-state index contributed by atoms with van der Waals surface area (Å²) in [5.41, 5.74) is 11.7. The van der Waals surface area contributed by atoms with Gasteiger partial charge in [0.1, 0.15) is 0 Å². The Balaban J connectivity index is 0.000000267. The van der Waals surface area contributed by atoms with Crippen LogP contribution < -0.4 is 5.32 Å². The molecule has 12 nitrogen and oxygen atoms in total. The number of hydrogen-bond acceptors (Lipinski definition) is 7. The molecule has 0 unspecified atom stereocenters. The fourth-order valence-electron chi connectivity index (χ4n) is 8.13. The van der Waals surface area contributed by atoms with Crippen LogP contribution in [0.3, 0.4) is 0 Å². The Hall–Kier alpha value is -6.13. The Morgan fingerprint density at radius 3 is 1.22 bits per heavy atom. The van der Waals surface area contributed by atoms with E-state index in [1.54, 1.807) is 30.9 Å². The first kappa shape index (κ1) is 70.1. The van der Waals surface area contributed by atoms with E-state index in [1.807, 2.05) is 205 Å². The Morgan fingerprint density at radius 2 is 0.793 bits per heavy atom. The molecule has 2 radical (unpaired) electrons. The van der Waals surface area contributed by atoms with Crippen molar-refractivity contribution in [2.45, 2.75) is 13.2 Å². The second-order valence-electron chi connectivity index (χ2n) is 17.7. The van der Waals surface area contributed by atoms with Crippen molar-refractivity contribution >= 4 is 0 Å². The molecule has 82 heavy (non-hydrogen) atoms. The molecule has 0 saturated carbocycles. The summed E-state index contributed by atoms with van der Waals surface area (Å²) >= 11 is 0. The van der Waals surface area contributed by atoms with Crippen molar-refractivity contribution in [3.8, 4) is 79.3 Å². The number of imidazole rings is 5. The molecule has 0 fully saturated rings. The fourth-order valence-corrected chi connectivity index (χ4v) is 8.13. The molecule has 17 heteroatoms. The molecule has 0 bridgehead atoms. The minimum absolute atomic E-state index is 0. The van der Waals surface area contributed by atoms with Gasteiger partial charge < -0.3 is 33.3 Å². The van der Waals surface area contributed by atoms with Crippen LogP contribution >= 0.6 is 0 Å². The third-order valence-corrected chi connectivity index (χ3v) is 12.1. The number of rotatable bonds is 10. The number of aliphatic hydroxyl groups is 1. The Morgan fingerprint density at radius 1 is 0.402 bits per heavy atom. The molecule has 0 aliphatic rings. The van der Waals surface area contributed by atoms with Gasteiger partial charge in [-0.25, -0.2) is 0 Å². The van der Waals surface area contributed by atoms with Gasteiger partial charge in [0.15, 0.2) is 0 Å². The van der Waals surface area contributed by atoms with Gasteiger partial charge in [0.25, 0.3) is 0 Å². The van der Waals surface area contributed by atoms with Gasteiger partial charge in [-0.2, -0.15) is 0 Å². The van der Waals surface area contributed by atoms with Gasteiger partial charge in [0, 0.05) is 207 Å². The standard InChI is InChI=1S/2C16H13N2.C12H14N3.C11H11N2O.C10H9N2.2Ir.3Pt/c1-18-12-15(13-8-4-2-5-9-13)17-16(18)14-10-6-3-7-11-14;1-18-11-10-17-16(18)15-9-5-8-14(12-15)13-6-3-2-4-7-13;1-13-9-10-4-3-5-11(8-10)12-14-6-7-15(12)2;1-13-6-5-12-11(13)10-4-2-3-9(7-10)8-14;1-12-8-7-11-10(12)9-5-3-2-4-6-9;;;;;/h2-10,12H,1H3;2-8,10-12H,1H3;3-4,6-8,13H,9H2,1-2H3;2-3,5-7,14H,8H2,1H3;2-5,7-8H,1H3;;;;;/q5*-1;;;;;. The van der Waals surface area contributed by atoms with Crippen LogP contribution in [0.2, 0.25) is 0 Å². The number of nitrogens with one attached hydrogen (secondary N) is 1. The van der Waals surface area contributed by atoms with E-state index in [2.05, 4.69) is 109 Å². The molecule has 12 aromatic rings. The first-order valence-electron chi connectivity index (χ1n) is 25.0. The topological polar surface area (TPSA) is 121 Å². The monoisotopic (exact) mass is 1980 g/mol. The molecule has 434 valence electrons. The van der Waals surface area contributed by atoms with E-state index < -0.39 is 0 Å². The first-order valence-corrected chi connectivity index (χ1v) is 25.0. The van der Waals surface area contributed by atoms with E-state index >= 15 is 0 Å². The van der Waals surface area contributed by atoms with Crippen LogP contribution in [0.15, 0.2) is 220 Å². The minimum Gasteiger partial charge on any atom is -0.393 e. The molecule has 0 amide bonds. The van der Waals surface area contributed by atoms with Crippen molar-refractivity contribution in [3.05, 3.63) is 261 Å². The van der Waals surface area contributed by atoms with E-state index in [9.17, 15) is 0 Å². The fraction of sp³-hybridized carbons (Fsp3) is 0.123. The van der Waals surface area contributed by atoms with Crippen LogP contribution in [0.4, 0.5) is 0 Å². The van der Waals surface area contributed by atoms with E-state index in [0.29, 0.717) is 0 Å². The predicted molar refractivity (Wildman–Crippen MR) is 307 cm³/mol. The van der Waals surface area contributed by atoms with Crippen LogP contribution in [-0.2, 0) is 152 Å². The quantitative estimate of drug-likeness (QED) is 0.131. The molecule has 0 atom stereocenters. The van der Waals surface area contributed by atoms with Gasteiger partial charge in [0.05, 0.1) is 41.4 Å². The maximum absolute atomic E-state index is 8.99. The average Bonchev–Trinajstić information content (AvgIpc) is 4.44. The van der Waals surface area contributed by atoms with Crippen molar-refractivity contribution in [1.82, 2.24) is 53.1 Å². The number of aryl methyl sites for hydroxylation is 5. The molecule has 0 aliphatic carbocycles. The van der Waals surface area contributed by atoms with Crippen molar-refractivity contribution in [3.63, 3.8) is 0 Å². The van der Waals surface area contributed by atoms with Crippen molar-refractivity contribution in [2.24, 2.45) is 35.2 Å². The summed E-state index contributed by atoms with van der Waals surface area (Å²) in [6, 6.07) is 69.9. The number of aromatic nitrogens is 10. The smallest absolute Gasteiger partial charge is 0.0768 e. The molecule has 0 spiro atoms. The van der Waals surface area contributed by atoms with E-state index in [1.165, 1.54) is 16.7 Å². The van der Waals surface area contributed by atoms with Gasteiger partial charge in [-0.15, -0.1) is 178 Å². The van der Waals surface area contributed by atoms with Gasteiger partial charge in [-0.1, -0.05) is 60.7 Å². The Bertz CT molecular complexity index is 3680. The largest absolute Gasteiger partial charge is 0.393 e. The molecule has 7 aromatic carbocycles. The van der Waals surface area contributed by atoms with Crippen molar-refractivity contribution in [1.29, 1.82) is 0 Å². The molecular formula is C65H60Ir2N11OPt3-5. The second-order valence-corrected chi connectivity index (χ2v) is 17.7. The van der Waals surface area contributed by atoms with E-state index in [-0.39, 0.29) is 110 Å². The Labute approximate surface area is 552 Å². The minimum atomic E-state index is 0. The molecular weight excluding hydrogens is 1920 g/mol. The number of aliphatic hydroxyl groups excluding tert-OH is 1. The summed E-state index contributed by atoms with van der Waals surface area (Å²) in [5.74, 6) is 4.64. The summed E-state index contributed by atoms with van der Waals surface area (Å²) in [6.07, 6.45) is 16.9. The van der Waals surface area contributed by atoms with E-state index in [0.717, 1.165) is 80.3 Å². The average molecular weight is 1980 g/mol. The van der Waals surface area contributed by atoms with Gasteiger partial charge in [0.2, 0.25) is 0 Å². The molecule has 12 rings (SSSR count). The van der Waals surface area contributed by atoms with E-state index in [4.69, 9.17) is 5.11 Å². The van der Waals surface area contributed by atoms with Crippen LogP contribution in [0.5, 0.6) is 0 Å². The molecule has 5 heterocycles. The molecule has 0 aliphatic heterocycles. The van der Waals surface area contributed by atoms with Gasteiger partial charge in [-0.3, -0.25) is 24.9 Å². The Kier molecular flexibility index (Phi) is 31.2. The molecule has 0 saturated heterocycles. The zero-order valence-electron chi connectivity index (χ0n) is 45.7. The summed E-state index contributed by atoms with van der Waals surface area (Å²) in [7, 11) is 11.8. The zero-order valence-corrected chi connectivity index (χ0v) is 57.3. The van der Waals surface area contributed by atoms with Crippen LogP contribution in [0.25, 0.3) is 79.3 Å². The summed E-state index contributed by atoms with van der Waals surface area (Å²) in [6.45, 7) is 0.915. The van der Waals surface area contributed by atoms with Crippen molar-refractivity contribution < 1.29 is 109 Å².